The summed E-state index contributed by atoms with van der Waals surface area (Å²) in [6.07, 6.45) is 6.52. The van der Waals surface area contributed by atoms with Gasteiger partial charge < -0.3 is 0 Å². The maximum absolute atomic E-state index is 15.3. The summed E-state index contributed by atoms with van der Waals surface area (Å²) < 4.78 is 57.0. The van der Waals surface area contributed by atoms with Crippen LogP contribution in [0.1, 0.15) is 11.1 Å². The minimum absolute atomic E-state index is 0.00880. The lowest BCUT2D eigenvalue weighted by Crippen LogP contribution is -2.10. The van der Waals surface area contributed by atoms with E-state index in [-0.39, 0.29) is 11.1 Å². The van der Waals surface area contributed by atoms with Gasteiger partial charge in [0, 0.05) is 57.1 Å². The zero-order valence-electron chi connectivity index (χ0n) is 23.6. The molecule has 0 aliphatic rings. The number of rotatable bonds is 8. The van der Waals surface area contributed by atoms with Crippen LogP contribution in [0.4, 0.5) is 8.78 Å². The normalized spacial score (nSPS) is 11.5. The van der Waals surface area contributed by atoms with Crippen molar-refractivity contribution in [2.75, 3.05) is 0 Å². The molecule has 0 aliphatic carbocycles. The van der Waals surface area contributed by atoms with E-state index < -0.39 is 33.0 Å². The first-order valence-electron chi connectivity index (χ1n) is 13.8. The van der Waals surface area contributed by atoms with Crippen molar-refractivity contribution >= 4 is 33.0 Å². The van der Waals surface area contributed by atoms with Crippen molar-refractivity contribution in [3.63, 3.8) is 0 Å². The zero-order chi connectivity index (χ0) is 31.6. The summed E-state index contributed by atoms with van der Waals surface area (Å²) in [6.45, 7) is 0. The summed E-state index contributed by atoms with van der Waals surface area (Å²) in [7, 11) is -3.93. The van der Waals surface area contributed by atoms with E-state index >= 15 is 8.78 Å². The minimum Gasteiger partial charge on any atom is -0.264 e. The van der Waals surface area contributed by atoms with Crippen LogP contribution in [0.25, 0.3) is 44.5 Å². The highest BCUT2D eigenvalue weighted by molar-refractivity contribution is 7.89. The van der Waals surface area contributed by atoms with E-state index in [9.17, 15) is 8.42 Å². The average molecular weight is 658 g/mol. The molecule has 0 N–H and O–H groups in total. The van der Waals surface area contributed by atoms with Crippen LogP contribution in [0.15, 0.2) is 122 Å². The van der Waals surface area contributed by atoms with Gasteiger partial charge in [-0.05, 0) is 81.9 Å². The molecule has 45 heavy (non-hydrogen) atoms. The fourth-order valence-corrected chi connectivity index (χ4v) is 7.15. The van der Waals surface area contributed by atoms with Gasteiger partial charge in [0.05, 0.1) is 11.5 Å². The Hall–Kier alpha value is -4.43. The van der Waals surface area contributed by atoms with Gasteiger partial charge in [-0.2, -0.15) is 0 Å². The van der Waals surface area contributed by atoms with Crippen molar-refractivity contribution in [2.45, 2.75) is 11.5 Å². The predicted molar refractivity (Wildman–Crippen MR) is 176 cm³/mol. The highest BCUT2D eigenvalue weighted by Gasteiger charge is 2.20. The Balaban J connectivity index is 1.23. The Labute approximate surface area is 269 Å². The molecule has 0 unspecified atom stereocenters. The summed E-state index contributed by atoms with van der Waals surface area (Å²) in [6, 6.07) is 26.9. The molecular formula is C36H24Cl2F2N2O2S. The maximum atomic E-state index is 15.3. The third-order valence-electron chi connectivity index (χ3n) is 7.39. The molecule has 6 aromatic rings. The van der Waals surface area contributed by atoms with E-state index in [2.05, 4.69) is 9.97 Å². The van der Waals surface area contributed by atoms with Crippen LogP contribution in [0.3, 0.4) is 0 Å². The van der Waals surface area contributed by atoms with E-state index in [4.69, 9.17) is 23.2 Å². The first-order valence-corrected chi connectivity index (χ1v) is 16.4. The first kappa shape index (κ1) is 30.6. The second-order valence-corrected chi connectivity index (χ2v) is 13.4. The fraction of sp³-hybridized carbons (Fsp3) is 0.0556. The molecule has 0 radical (unpaired) electrons. The van der Waals surface area contributed by atoms with Gasteiger partial charge in [0.15, 0.2) is 9.84 Å². The van der Waals surface area contributed by atoms with Gasteiger partial charge in [-0.1, -0.05) is 71.7 Å². The second-order valence-electron chi connectivity index (χ2n) is 10.5. The van der Waals surface area contributed by atoms with Crippen LogP contribution in [-0.2, 0) is 21.3 Å². The lowest BCUT2D eigenvalue weighted by molar-refractivity contribution is 0.581. The summed E-state index contributed by atoms with van der Waals surface area (Å²) in [5, 5.41) is 1.12. The fourth-order valence-electron chi connectivity index (χ4n) is 5.25. The van der Waals surface area contributed by atoms with Crippen molar-refractivity contribution in [2.24, 2.45) is 0 Å². The largest absolute Gasteiger partial charge is 0.264 e. The van der Waals surface area contributed by atoms with Gasteiger partial charge in [0.25, 0.3) is 0 Å². The minimum atomic E-state index is -3.93. The number of halogens is 4. The van der Waals surface area contributed by atoms with E-state index in [0.29, 0.717) is 32.3 Å². The quantitative estimate of drug-likeness (QED) is 0.164. The summed E-state index contributed by atoms with van der Waals surface area (Å²) in [4.78, 5) is 8.38. The molecule has 4 nitrogen and oxygen atoms in total. The van der Waals surface area contributed by atoms with Gasteiger partial charge in [-0.3, -0.25) is 9.97 Å². The number of hydrogen-bond acceptors (Lipinski definition) is 4. The molecule has 0 bridgehead atoms. The van der Waals surface area contributed by atoms with Crippen LogP contribution < -0.4 is 0 Å². The molecule has 0 saturated carbocycles. The number of sulfone groups is 1. The van der Waals surface area contributed by atoms with Crippen LogP contribution in [0.2, 0.25) is 10.0 Å². The van der Waals surface area contributed by atoms with Crippen LogP contribution in [0.5, 0.6) is 0 Å². The first-order chi connectivity index (χ1) is 21.7. The standard InChI is InChI=1S/C36H24Cl2F2N2O2S/c37-29-5-1-3-23(15-29)31-11-13-41-19-33(31)25-7-9-27(35(39)17-25)21-45(43,44)22-28-10-8-26(18-36(28)40)34-20-42-14-12-32(34)24-4-2-6-30(38)16-24/h1-20H,21-22H2. The number of benzene rings is 4. The van der Waals surface area contributed by atoms with Gasteiger partial charge >= 0.3 is 0 Å². The Kier molecular flexibility index (Phi) is 8.76. The number of aromatic nitrogens is 2. The molecule has 9 heteroatoms. The highest BCUT2D eigenvalue weighted by atomic mass is 35.5. The third-order valence-corrected chi connectivity index (χ3v) is 9.36. The van der Waals surface area contributed by atoms with E-state index in [1.165, 1.54) is 24.3 Å². The van der Waals surface area contributed by atoms with Crippen molar-refractivity contribution in [3.8, 4) is 44.5 Å². The maximum Gasteiger partial charge on any atom is 0.158 e. The Morgan fingerprint density at radius 1 is 0.533 bits per heavy atom. The van der Waals surface area contributed by atoms with E-state index in [0.717, 1.165) is 22.3 Å². The van der Waals surface area contributed by atoms with Crippen molar-refractivity contribution in [1.82, 2.24) is 9.97 Å². The molecule has 2 heterocycles. The third kappa shape index (κ3) is 6.96. The molecule has 0 fully saturated rings. The molecule has 4 aromatic carbocycles. The Bertz CT molecular complexity index is 2010. The smallest absolute Gasteiger partial charge is 0.158 e. The molecule has 0 saturated heterocycles. The number of hydrogen-bond donors (Lipinski definition) is 0. The lowest BCUT2D eigenvalue weighted by atomic mass is 9.96. The van der Waals surface area contributed by atoms with Crippen molar-refractivity contribution in [3.05, 3.63) is 155 Å². The van der Waals surface area contributed by atoms with Gasteiger partial charge in [0.1, 0.15) is 11.6 Å². The van der Waals surface area contributed by atoms with Gasteiger partial charge in [-0.25, -0.2) is 17.2 Å². The predicted octanol–water partition coefficient (Wildman–Crippen LogP) is 9.84. The average Bonchev–Trinajstić information content (AvgIpc) is 3.03. The molecule has 2 aromatic heterocycles. The molecule has 224 valence electrons. The van der Waals surface area contributed by atoms with Crippen LogP contribution in [0, 0.1) is 11.6 Å². The van der Waals surface area contributed by atoms with Crippen molar-refractivity contribution < 1.29 is 17.2 Å². The Morgan fingerprint density at radius 3 is 1.36 bits per heavy atom. The summed E-state index contributed by atoms with van der Waals surface area (Å²) in [5.41, 5.74) is 5.67. The molecule has 0 aliphatic heterocycles. The van der Waals surface area contributed by atoms with E-state index in [1.807, 2.05) is 36.4 Å². The number of nitrogens with zero attached hydrogens (tertiary/aromatic N) is 2. The van der Waals surface area contributed by atoms with Crippen molar-refractivity contribution in [1.29, 1.82) is 0 Å². The SMILES string of the molecule is O=S(=O)(Cc1ccc(-c2cnccc2-c2cccc(Cl)c2)cc1F)Cc1ccc(-c2cnccc2-c2cccc(Cl)c2)cc1F. The molecule has 0 atom stereocenters. The second kappa shape index (κ2) is 12.9. The molecular weight excluding hydrogens is 633 g/mol. The summed E-state index contributed by atoms with van der Waals surface area (Å²) in [5.74, 6) is -2.54. The molecule has 6 rings (SSSR count). The van der Waals surface area contributed by atoms with E-state index in [1.54, 1.807) is 61.2 Å². The Morgan fingerprint density at radius 2 is 0.956 bits per heavy atom. The molecule has 0 amide bonds. The van der Waals surface area contributed by atoms with Gasteiger partial charge in [0.2, 0.25) is 0 Å². The zero-order valence-corrected chi connectivity index (χ0v) is 25.9. The van der Waals surface area contributed by atoms with Crippen LogP contribution in [-0.4, -0.2) is 18.4 Å². The topological polar surface area (TPSA) is 59.9 Å². The summed E-state index contributed by atoms with van der Waals surface area (Å²) >= 11 is 12.4. The monoisotopic (exact) mass is 656 g/mol. The lowest BCUT2D eigenvalue weighted by Gasteiger charge is -2.13. The van der Waals surface area contributed by atoms with Gasteiger partial charge in [-0.15, -0.1) is 0 Å². The number of pyridine rings is 2. The van der Waals surface area contributed by atoms with Crippen LogP contribution >= 0.6 is 23.2 Å². The highest BCUT2D eigenvalue weighted by Crippen LogP contribution is 2.35. The molecule has 0 spiro atoms.